The Morgan fingerprint density at radius 3 is 2.43 bits per heavy atom. The van der Waals surface area contributed by atoms with Crippen LogP contribution in [-0.4, -0.2) is 24.2 Å². The van der Waals surface area contributed by atoms with Crippen LogP contribution in [0.2, 0.25) is 0 Å². The molecule has 0 aliphatic carbocycles. The lowest BCUT2D eigenvalue weighted by molar-refractivity contribution is -0.151. The first-order valence-corrected chi connectivity index (χ1v) is 4.91. The number of carbonyl (C=O) groups excluding carboxylic acids is 1. The highest BCUT2D eigenvalue weighted by molar-refractivity contribution is 5.78. The molecule has 1 unspecified atom stereocenters. The zero-order valence-corrected chi connectivity index (χ0v) is 8.78. The third kappa shape index (κ3) is 5.56. The molecular formula is C10H18O4. The Morgan fingerprint density at radius 2 is 2.00 bits per heavy atom. The van der Waals surface area contributed by atoms with Crippen LogP contribution < -0.4 is 0 Å². The Labute approximate surface area is 84.3 Å². The van der Waals surface area contributed by atoms with Crippen molar-refractivity contribution >= 4 is 11.9 Å². The Bertz CT molecular complexity index is 189. The molecule has 0 aliphatic heterocycles. The van der Waals surface area contributed by atoms with Gasteiger partial charge in [-0.15, -0.1) is 0 Å². The summed E-state index contributed by atoms with van der Waals surface area (Å²) in [5, 5.41) is 8.58. The summed E-state index contributed by atoms with van der Waals surface area (Å²) in [6, 6.07) is 0. The van der Waals surface area contributed by atoms with Crippen LogP contribution in [-0.2, 0) is 14.3 Å². The molecule has 0 saturated carbocycles. The molecule has 0 aliphatic rings. The van der Waals surface area contributed by atoms with Crippen molar-refractivity contribution in [2.24, 2.45) is 5.92 Å². The maximum absolute atomic E-state index is 11.2. The van der Waals surface area contributed by atoms with Gasteiger partial charge in [0.25, 0.3) is 0 Å². The number of esters is 1. The highest BCUT2D eigenvalue weighted by atomic mass is 16.5. The average molecular weight is 202 g/mol. The smallest absolute Gasteiger partial charge is 0.309 e. The van der Waals surface area contributed by atoms with Crippen LogP contribution >= 0.6 is 0 Å². The van der Waals surface area contributed by atoms with Gasteiger partial charge in [0.2, 0.25) is 0 Å². The van der Waals surface area contributed by atoms with E-state index in [0.717, 1.165) is 19.3 Å². The van der Waals surface area contributed by atoms with E-state index < -0.39 is 17.9 Å². The molecule has 4 nitrogen and oxygen atoms in total. The molecule has 4 heteroatoms. The van der Waals surface area contributed by atoms with E-state index >= 15 is 0 Å². The molecule has 0 aromatic rings. The molecular weight excluding hydrogens is 184 g/mol. The number of carboxylic acids is 1. The number of hydrogen-bond donors (Lipinski definition) is 1. The van der Waals surface area contributed by atoms with Gasteiger partial charge in [-0.1, -0.05) is 26.2 Å². The van der Waals surface area contributed by atoms with Crippen molar-refractivity contribution in [2.45, 2.75) is 39.0 Å². The number of unbranched alkanes of at least 4 members (excludes halogenated alkanes) is 2. The average Bonchev–Trinajstić information content (AvgIpc) is 2.15. The van der Waals surface area contributed by atoms with E-state index in [-0.39, 0.29) is 6.42 Å². The topological polar surface area (TPSA) is 63.6 Å². The first-order chi connectivity index (χ1) is 6.61. The molecule has 0 amide bonds. The zero-order valence-electron chi connectivity index (χ0n) is 8.78. The van der Waals surface area contributed by atoms with Crippen LogP contribution in [0, 0.1) is 5.92 Å². The predicted octanol–water partition coefficient (Wildman–Crippen LogP) is 1.83. The summed E-state index contributed by atoms with van der Waals surface area (Å²) in [6.07, 6.45) is 3.43. The largest absolute Gasteiger partial charge is 0.481 e. The molecule has 0 aromatic heterocycles. The standard InChI is InChI=1S/C10H18O4/c1-3-4-5-6-8(7-9(11)12)10(13)14-2/h8H,3-7H2,1-2H3,(H,11,12). The first kappa shape index (κ1) is 12.9. The summed E-state index contributed by atoms with van der Waals surface area (Å²) in [6.45, 7) is 2.06. The number of carbonyl (C=O) groups is 2. The van der Waals surface area contributed by atoms with Gasteiger partial charge >= 0.3 is 11.9 Å². The summed E-state index contributed by atoms with van der Waals surface area (Å²) < 4.78 is 4.54. The van der Waals surface area contributed by atoms with Crippen LogP contribution in [0.25, 0.3) is 0 Å². The molecule has 82 valence electrons. The van der Waals surface area contributed by atoms with Gasteiger partial charge in [0.15, 0.2) is 0 Å². The fourth-order valence-corrected chi connectivity index (χ4v) is 1.32. The Morgan fingerprint density at radius 1 is 1.36 bits per heavy atom. The molecule has 0 spiro atoms. The van der Waals surface area contributed by atoms with Crippen LogP contribution in [0.1, 0.15) is 39.0 Å². The van der Waals surface area contributed by atoms with Crippen molar-refractivity contribution in [2.75, 3.05) is 7.11 Å². The van der Waals surface area contributed by atoms with Crippen LogP contribution in [0.4, 0.5) is 0 Å². The SMILES string of the molecule is CCCCCC(CC(=O)O)C(=O)OC. The van der Waals surface area contributed by atoms with E-state index in [1.165, 1.54) is 7.11 Å². The molecule has 0 heterocycles. The fourth-order valence-electron chi connectivity index (χ4n) is 1.32. The van der Waals surface area contributed by atoms with Crippen molar-refractivity contribution in [3.05, 3.63) is 0 Å². The maximum Gasteiger partial charge on any atom is 0.309 e. The van der Waals surface area contributed by atoms with E-state index in [4.69, 9.17) is 5.11 Å². The number of ether oxygens (including phenoxy) is 1. The van der Waals surface area contributed by atoms with Gasteiger partial charge in [0.1, 0.15) is 0 Å². The first-order valence-electron chi connectivity index (χ1n) is 4.91. The van der Waals surface area contributed by atoms with Gasteiger partial charge in [-0.3, -0.25) is 9.59 Å². The van der Waals surface area contributed by atoms with Gasteiger partial charge in [0.05, 0.1) is 19.4 Å². The van der Waals surface area contributed by atoms with Crippen LogP contribution in [0.15, 0.2) is 0 Å². The molecule has 0 aromatic carbocycles. The molecule has 1 atom stereocenters. The Kier molecular flexibility index (Phi) is 6.80. The van der Waals surface area contributed by atoms with E-state index in [2.05, 4.69) is 11.7 Å². The van der Waals surface area contributed by atoms with Crippen molar-refractivity contribution in [3.8, 4) is 0 Å². The number of rotatable bonds is 7. The van der Waals surface area contributed by atoms with Gasteiger partial charge in [0, 0.05) is 0 Å². The number of methoxy groups -OCH3 is 1. The second-order valence-corrected chi connectivity index (χ2v) is 3.31. The number of aliphatic carboxylic acids is 1. The summed E-state index contributed by atoms with van der Waals surface area (Å²) in [5.41, 5.74) is 0. The van der Waals surface area contributed by atoms with Crippen LogP contribution in [0.3, 0.4) is 0 Å². The Balaban J connectivity index is 3.97. The second kappa shape index (κ2) is 7.35. The van der Waals surface area contributed by atoms with Crippen molar-refractivity contribution in [1.29, 1.82) is 0 Å². The lowest BCUT2D eigenvalue weighted by atomic mass is 9.98. The highest BCUT2D eigenvalue weighted by Crippen LogP contribution is 2.15. The molecule has 0 rings (SSSR count). The third-order valence-corrected chi connectivity index (χ3v) is 2.11. The summed E-state index contributed by atoms with van der Waals surface area (Å²) in [5.74, 6) is -1.84. The minimum atomic E-state index is -0.947. The number of carboxylic acid groups (broad SMARTS) is 1. The van der Waals surface area contributed by atoms with Gasteiger partial charge in [-0.25, -0.2) is 0 Å². The van der Waals surface area contributed by atoms with Crippen molar-refractivity contribution in [3.63, 3.8) is 0 Å². The summed E-state index contributed by atoms with van der Waals surface area (Å²) in [7, 11) is 1.29. The summed E-state index contributed by atoms with van der Waals surface area (Å²) in [4.78, 5) is 21.6. The van der Waals surface area contributed by atoms with E-state index in [1.807, 2.05) is 0 Å². The van der Waals surface area contributed by atoms with E-state index in [1.54, 1.807) is 0 Å². The van der Waals surface area contributed by atoms with Gasteiger partial charge < -0.3 is 9.84 Å². The lowest BCUT2D eigenvalue weighted by Gasteiger charge is -2.11. The third-order valence-electron chi connectivity index (χ3n) is 2.11. The normalized spacial score (nSPS) is 12.1. The predicted molar refractivity (Wildman–Crippen MR) is 51.9 cm³/mol. The molecule has 1 N–H and O–H groups in total. The number of hydrogen-bond acceptors (Lipinski definition) is 3. The highest BCUT2D eigenvalue weighted by Gasteiger charge is 2.21. The molecule has 14 heavy (non-hydrogen) atoms. The van der Waals surface area contributed by atoms with Gasteiger partial charge in [-0.2, -0.15) is 0 Å². The summed E-state index contributed by atoms with van der Waals surface area (Å²) >= 11 is 0. The molecule has 0 saturated heterocycles. The fraction of sp³-hybridized carbons (Fsp3) is 0.800. The quantitative estimate of drug-likeness (QED) is 0.505. The van der Waals surface area contributed by atoms with Crippen molar-refractivity contribution in [1.82, 2.24) is 0 Å². The van der Waals surface area contributed by atoms with Crippen molar-refractivity contribution < 1.29 is 19.4 Å². The molecule has 0 radical (unpaired) electrons. The maximum atomic E-state index is 11.2. The van der Waals surface area contributed by atoms with Crippen LogP contribution in [0.5, 0.6) is 0 Å². The monoisotopic (exact) mass is 202 g/mol. The van der Waals surface area contributed by atoms with Gasteiger partial charge in [-0.05, 0) is 6.42 Å². The van der Waals surface area contributed by atoms with E-state index in [0.29, 0.717) is 6.42 Å². The lowest BCUT2D eigenvalue weighted by Crippen LogP contribution is -2.19. The minimum Gasteiger partial charge on any atom is -0.481 e. The Hall–Kier alpha value is -1.06. The van der Waals surface area contributed by atoms with E-state index in [9.17, 15) is 9.59 Å². The molecule has 0 fully saturated rings. The zero-order chi connectivity index (χ0) is 11.0. The second-order valence-electron chi connectivity index (χ2n) is 3.31. The minimum absolute atomic E-state index is 0.129. The molecule has 0 bridgehead atoms.